The molecule has 0 fully saturated rings. The van der Waals surface area contributed by atoms with Gasteiger partial charge in [0.15, 0.2) is 0 Å². The second kappa shape index (κ2) is 7.77. The molecule has 0 atom stereocenters. The van der Waals surface area contributed by atoms with Gasteiger partial charge in [0.1, 0.15) is 5.60 Å². The van der Waals surface area contributed by atoms with E-state index in [2.05, 4.69) is 40.7 Å². The average molecular weight is 335 g/mol. The first kappa shape index (κ1) is 20.1. The van der Waals surface area contributed by atoms with Gasteiger partial charge in [-0.3, -0.25) is 0 Å². The maximum absolute atomic E-state index is 11.9. The highest BCUT2D eigenvalue weighted by atomic mass is 16.6. The van der Waals surface area contributed by atoms with E-state index in [1.54, 1.807) is 0 Å². The van der Waals surface area contributed by atoms with Gasteiger partial charge in [0.25, 0.3) is 0 Å². The maximum atomic E-state index is 11.9. The van der Waals surface area contributed by atoms with Crippen LogP contribution in [0.15, 0.2) is 18.2 Å². The summed E-state index contributed by atoms with van der Waals surface area (Å²) in [5.74, 6) is 0. The lowest BCUT2D eigenvalue weighted by atomic mass is 10.0. The van der Waals surface area contributed by atoms with E-state index in [0.29, 0.717) is 0 Å². The molecule has 0 aliphatic carbocycles. The van der Waals surface area contributed by atoms with Crippen molar-refractivity contribution in [1.29, 1.82) is 0 Å². The number of aryl methyl sites for hydroxylation is 1. The smallest absolute Gasteiger partial charge is 0.408 e. The summed E-state index contributed by atoms with van der Waals surface area (Å²) in [6, 6.07) is 6.35. The van der Waals surface area contributed by atoms with Crippen LogP contribution in [-0.4, -0.2) is 37.9 Å². The molecule has 1 amide bonds. The van der Waals surface area contributed by atoms with Gasteiger partial charge in [0.05, 0.1) is 0 Å². The summed E-state index contributed by atoms with van der Waals surface area (Å²) in [6.07, 6.45) is 0.417. The molecule has 0 saturated heterocycles. The third-order valence-electron chi connectivity index (χ3n) is 3.63. The van der Waals surface area contributed by atoms with Crippen molar-refractivity contribution in [3.05, 3.63) is 23.8 Å². The number of hydrogen-bond donors (Lipinski definition) is 2. The van der Waals surface area contributed by atoms with Crippen molar-refractivity contribution in [1.82, 2.24) is 5.32 Å². The summed E-state index contributed by atoms with van der Waals surface area (Å²) in [6.45, 7) is 12.5. The molecule has 0 saturated carbocycles. The number of rotatable bonds is 6. The van der Waals surface area contributed by atoms with Crippen LogP contribution >= 0.6 is 0 Å². The minimum Gasteiger partial charge on any atom is -0.444 e. The lowest BCUT2D eigenvalue weighted by Crippen LogP contribution is -2.46. The van der Waals surface area contributed by atoms with Crippen molar-refractivity contribution in [3.8, 4) is 0 Å². The molecule has 0 unspecified atom stereocenters. The van der Waals surface area contributed by atoms with Crippen LogP contribution in [0.5, 0.6) is 0 Å². The maximum Gasteiger partial charge on any atom is 0.408 e. The predicted octanol–water partition coefficient (Wildman–Crippen LogP) is 4.17. The monoisotopic (exact) mass is 335 g/mol. The number of benzene rings is 1. The molecule has 0 heterocycles. The van der Waals surface area contributed by atoms with Crippen LogP contribution in [0.3, 0.4) is 0 Å². The Morgan fingerprint density at radius 3 is 2.29 bits per heavy atom. The molecule has 1 aromatic carbocycles. The summed E-state index contributed by atoms with van der Waals surface area (Å²) in [7, 11) is 4.07. The molecule has 136 valence electrons. The summed E-state index contributed by atoms with van der Waals surface area (Å²) in [5, 5.41) is 6.38. The molecule has 0 spiro atoms. The standard InChI is InChI=1S/C19H33N3O2/c1-14-13-15(22(7)8)9-10-16(14)20-12-11-19(5,6)21-17(23)24-18(2,3)4/h9-10,13,20H,11-12H2,1-8H3,(H,21,23). The summed E-state index contributed by atoms with van der Waals surface area (Å²) >= 11 is 0. The van der Waals surface area contributed by atoms with Gasteiger partial charge >= 0.3 is 6.09 Å². The molecule has 5 nitrogen and oxygen atoms in total. The number of alkyl carbamates (subject to hydrolysis) is 1. The highest BCUT2D eigenvalue weighted by molar-refractivity contribution is 5.68. The zero-order chi connectivity index (χ0) is 18.5. The molecular weight excluding hydrogens is 302 g/mol. The Bertz CT molecular complexity index is 560. The van der Waals surface area contributed by atoms with Gasteiger partial charge in [-0.2, -0.15) is 0 Å². The second-order valence-electron chi connectivity index (χ2n) is 8.08. The molecular formula is C19H33N3O2. The normalized spacial score (nSPS) is 11.8. The van der Waals surface area contributed by atoms with Gasteiger partial charge in [-0.15, -0.1) is 0 Å². The number of nitrogens with zero attached hydrogens (tertiary/aromatic N) is 1. The van der Waals surface area contributed by atoms with Crippen LogP contribution in [0.25, 0.3) is 0 Å². The quantitative estimate of drug-likeness (QED) is 0.819. The largest absolute Gasteiger partial charge is 0.444 e. The molecule has 0 radical (unpaired) electrons. The highest BCUT2D eigenvalue weighted by Crippen LogP contribution is 2.22. The molecule has 2 N–H and O–H groups in total. The van der Waals surface area contributed by atoms with Gasteiger partial charge in [0, 0.05) is 37.6 Å². The Kier molecular flexibility index (Phi) is 6.52. The number of carbonyl (C=O) groups is 1. The molecule has 0 aliphatic rings. The fraction of sp³-hybridized carbons (Fsp3) is 0.632. The van der Waals surface area contributed by atoms with Crippen LogP contribution in [0.2, 0.25) is 0 Å². The molecule has 0 aliphatic heterocycles. The molecule has 0 bridgehead atoms. The lowest BCUT2D eigenvalue weighted by molar-refractivity contribution is 0.0470. The fourth-order valence-electron chi connectivity index (χ4n) is 2.28. The minimum absolute atomic E-state index is 0.340. The minimum atomic E-state index is -0.482. The van der Waals surface area contributed by atoms with Gasteiger partial charge in [-0.1, -0.05) is 0 Å². The van der Waals surface area contributed by atoms with Crippen LogP contribution < -0.4 is 15.5 Å². The van der Waals surface area contributed by atoms with Gasteiger partial charge in [-0.25, -0.2) is 4.79 Å². The first-order valence-electron chi connectivity index (χ1n) is 8.43. The van der Waals surface area contributed by atoms with Crippen LogP contribution in [0.1, 0.15) is 46.6 Å². The summed E-state index contributed by atoms with van der Waals surface area (Å²) in [4.78, 5) is 14.0. The second-order valence-corrected chi connectivity index (χ2v) is 8.08. The molecule has 1 rings (SSSR count). The lowest BCUT2D eigenvalue weighted by Gasteiger charge is -2.29. The van der Waals surface area contributed by atoms with Crippen molar-refractivity contribution in [2.24, 2.45) is 0 Å². The van der Waals surface area contributed by atoms with E-state index < -0.39 is 5.60 Å². The SMILES string of the molecule is Cc1cc(N(C)C)ccc1NCCC(C)(C)NC(=O)OC(C)(C)C. The average Bonchev–Trinajstić information content (AvgIpc) is 2.37. The Labute approximate surface area is 146 Å². The van der Waals surface area contributed by atoms with Crippen molar-refractivity contribution >= 4 is 17.5 Å². The zero-order valence-electron chi connectivity index (χ0n) is 16.4. The fourth-order valence-corrected chi connectivity index (χ4v) is 2.28. The van der Waals surface area contributed by atoms with Crippen molar-refractivity contribution in [3.63, 3.8) is 0 Å². The number of amides is 1. The van der Waals surface area contributed by atoms with Crippen LogP contribution in [0.4, 0.5) is 16.2 Å². The Morgan fingerprint density at radius 2 is 1.79 bits per heavy atom. The Balaban J connectivity index is 2.52. The van der Waals surface area contributed by atoms with E-state index in [0.717, 1.165) is 18.7 Å². The molecule has 0 aromatic heterocycles. The van der Waals surface area contributed by atoms with Crippen molar-refractivity contribution < 1.29 is 9.53 Å². The predicted molar refractivity (Wildman–Crippen MR) is 102 cm³/mol. The van der Waals surface area contributed by atoms with Crippen LogP contribution in [-0.2, 0) is 4.74 Å². The summed E-state index contributed by atoms with van der Waals surface area (Å²) < 4.78 is 5.32. The number of nitrogens with one attached hydrogen (secondary N) is 2. The Morgan fingerprint density at radius 1 is 1.17 bits per heavy atom. The summed E-state index contributed by atoms with van der Waals surface area (Å²) in [5.41, 5.74) is 2.69. The van der Waals surface area contributed by atoms with E-state index in [1.807, 2.05) is 48.7 Å². The third-order valence-corrected chi connectivity index (χ3v) is 3.63. The number of ether oxygens (including phenoxy) is 1. The van der Waals surface area contributed by atoms with Crippen molar-refractivity contribution in [2.45, 2.75) is 59.1 Å². The van der Waals surface area contributed by atoms with Gasteiger partial charge in [-0.05, 0) is 71.7 Å². The number of anilines is 2. The van der Waals surface area contributed by atoms with Gasteiger partial charge < -0.3 is 20.3 Å². The highest BCUT2D eigenvalue weighted by Gasteiger charge is 2.24. The van der Waals surface area contributed by atoms with Crippen LogP contribution in [0, 0.1) is 6.92 Å². The number of hydrogen-bond acceptors (Lipinski definition) is 4. The third kappa shape index (κ3) is 7.11. The van der Waals surface area contributed by atoms with Crippen molar-refractivity contribution in [2.75, 3.05) is 30.9 Å². The first-order valence-corrected chi connectivity index (χ1v) is 8.43. The van der Waals surface area contributed by atoms with E-state index in [9.17, 15) is 4.79 Å². The van der Waals surface area contributed by atoms with E-state index in [1.165, 1.54) is 11.3 Å². The first-order chi connectivity index (χ1) is 10.9. The number of carbonyl (C=O) groups excluding carboxylic acids is 1. The molecule has 5 heteroatoms. The Hall–Kier alpha value is -1.91. The topological polar surface area (TPSA) is 53.6 Å². The molecule has 1 aromatic rings. The van der Waals surface area contributed by atoms with E-state index >= 15 is 0 Å². The van der Waals surface area contributed by atoms with Gasteiger partial charge in [0.2, 0.25) is 0 Å². The molecule has 24 heavy (non-hydrogen) atoms. The van der Waals surface area contributed by atoms with E-state index in [4.69, 9.17) is 4.74 Å². The van der Waals surface area contributed by atoms with E-state index in [-0.39, 0.29) is 11.6 Å². The zero-order valence-corrected chi connectivity index (χ0v) is 16.4.